The number of hydrogen-bond acceptors (Lipinski definition) is 3. The summed E-state index contributed by atoms with van der Waals surface area (Å²) in [6.45, 7) is 0. The fraction of sp³-hybridized carbons (Fsp3) is 0.462. The minimum absolute atomic E-state index is 0.0110. The van der Waals surface area contributed by atoms with E-state index in [1.807, 2.05) is 0 Å². The Morgan fingerprint density at radius 2 is 1.83 bits per heavy atom. The van der Waals surface area contributed by atoms with Crippen LogP contribution in [-0.4, -0.2) is 12.0 Å². The monoisotopic (exact) mass is 252 g/mol. The maximum atomic E-state index is 12.7. The van der Waals surface area contributed by atoms with E-state index in [0.29, 0.717) is 5.75 Å². The van der Waals surface area contributed by atoms with Crippen LogP contribution in [0.4, 0.5) is 4.39 Å². The van der Waals surface area contributed by atoms with Crippen LogP contribution in [0.3, 0.4) is 0 Å². The van der Waals surface area contributed by atoms with Crippen LogP contribution < -0.4 is 16.0 Å². The van der Waals surface area contributed by atoms with E-state index in [-0.39, 0.29) is 23.7 Å². The highest BCUT2D eigenvalue weighted by Crippen LogP contribution is 2.27. The third-order valence-corrected chi connectivity index (χ3v) is 3.30. The van der Waals surface area contributed by atoms with Gasteiger partial charge in [-0.1, -0.05) is 0 Å². The van der Waals surface area contributed by atoms with Gasteiger partial charge in [-0.05, 0) is 49.9 Å². The minimum atomic E-state index is -0.273. The Hall–Kier alpha value is -1.62. The molecule has 1 saturated carbocycles. The number of hydrazine groups is 1. The Labute approximate surface area is 105 Å². The molecule has 3 N–H and O–H groups in total. The summed E-state index contributed by atoms with van der Waals surface area (Å²) in [4.78, 5) is 11.4. The standard InChI is InChI=1S/C13H17FN2O2/c14-10-3-7-12(8-4-10)18-11-5-1-9(2-6-11)13(17)16-15/h3-4,7-9,11H,1-2,5-6,15H2,(H,16,17)/t9-,11-. The smallest absolute Gasteiger partial charge is 0.236 e. The summed E-state index contributed by atoms with van der Waals surface area (Å²) >= 11 is 0. The first-order chi connectivity index (χ1) is 8.69. The lowest BCUT2D eigenvalue weighted by Crippen LogP contribution is -2.38. The molecule has 5 heteroatoms. The molecule has 0 aliphatic heterocycles. The van der Waals surface area contributed by atoms with Gasteiger partial charge in [-0.15, -0.1) is 0 Å². The van der Waals surface area contributed by atoms with Crippen molar-refractivity contribution < 1.29 is 13.9 Å². The van der Waals surface area contributed by atoms with Crippen LogP contribution in [0.15, 0.2) is 24.3 Å². The quantitative estimate of drug-likeness (QED) is 0.489. The summed E-state index contributed by atoms with van der Waals surface area (Å²) in [6.07, 6.45) is 3.27. The van der Waals surface area contributed by atoms with Gasteiger partial charge in [-0.3, -0.25) is 10.2 Å². The van der Waals surface area contributed by atoms with Crippen molar-refractivity contribution >= 4 is 5.91 Å². The number of rotatable bonds is 3. The third kappa shape index (κ3) is 3.20. The van der Waals surface area contributed by atoms with Gasteiger partial charge in [0.15, 0.2) is 0 Å². The minimum Gasteiger partial charge on any atom is -0.490 e. The van der Waals surface area contributed by atoms with Gasteiger partial charge >= 0.3 is 0 Å². The Bertz CT molecular complexity index is 400. The number of carbonyl (C=O) groups is 1. The lowest BCUT2D eigenvalue weighted by Gasteiger charge is -2.27. The number of benzene rings is 1. The molecule has 1 amide bonds. The molecule has 1 fully saturated rings. The van der Waals surface area contributed by atoms with Gasteiger partial charge in [-0.2, -0.15) is 0 Å². The van der Waals surface area contributed by atoms with Gasteiger partial charge in [0.05, 0.1) is 6.10 Å². The Kier molecular flexibility index (Phi) is 4.15. The van der Waals surface area contributed by atoms with Gasteiger partial charge in [0.1, 0.15) is 11.6 Å². The van der Waals surface area contributed by atoms with Crippen LogP contribution in [0, 0.1) is 11.7 Å². The van der Waals surface area contributed by atoms with Crippen LogP contribution in [-0.2, 0) is 4.79 Å². The average Bonchev–Trinajstić information content (AvgIpc) is 2.41. The van der Waals surface area contributed by atoms with Gasteiger partial charge in [0.2, 0.25) is 5.91 Å². The van der Waals surface area contributed by atoms with Crippen molar-refractivity contribution in [3.8, 4) is 5.75 Å². The van der Waals surface area contributed by atoms with Crippen LogP contribution in [0.1, 0.15) is 25.7 Å². The molecule has 0 bridgehead atoms. The molecule has 98 valence electrons. The maximum absolute atomic E-state index is 12.7. The number of nitrogens with two attached hydrogens (primary N) is 1. The number of hydrogen-bond donors (Lipinski definition) is 2. The lowest BCUT2D eigenvalue weighted by atomic mass is 9.87. The van der Waals surface area contributed by atoms with Crippen LogP contribution >= 0.6 is 0 Å². The molecule has 2 rings (SSSR count). The molecule has 18 heavy (non-hydrogen) atoms. The van der Waals surface area contributed by atoms with E-state index in [2.05, 4.69) is 5.43 Å². The molecule has 1 aromatic rings. The van der Waals surface area contributed by atoms with Crippen molar-refractivity contribution in [2.45, 2.75) is 31.8 Å². The topological polar surface area (TPSA) is 64.3 Å². The average molecular weight is 252 g/mol. The second-order valence-corrected chi connectivity index (χ2v) is 4.55. The Morgan fingerprint density at radius 1 is 1.22 bits per heavy atom. The predicted molar refractivity (Wildman–Crippen MR) is 65.1 cm³/mol. The zero-order chi connectivity index (χ0) is 13.0. The first-order valence-electron chi connectivity index (χ1n) is 6.11. The third-order valence-electron chi connectivity index (χ3n) is 3.30. The fourth-order valence-corrected chi connectivity index (χ4v) is 2.27. The van der Waals surface area contributed by atoms with E-state index in [4.69, 9.17) is 10.6 Å². The molecular formula is C13H17FN2O2. The van der Waals surface area contributed by atoms with Gasteiger partial charge in [0.25, 0.3) is 0 Å². The van der Waals surface area contributed by atoms with Crippen LogP contribution in [0.5, 0.6) is 5.75 Å². The van der Waals surface area contributed by atoms with Gasteiger partial charge in [-0.25, -0.2) is 10.2 Å². The first kappa shape index (κ1) is 12.8. The molecule has 1 aromatic carbocycles. The second-order valence-electron chi connectivity index (χ2n) is 4.55. The molecule has 4 nitrogen and oxygen atoms in total. The van der Waals surface area contributed by atoms with Crippen molar-refractivity contribution in [3.63, 3.8) is 0 Å². The highest BCUT2D eigenvalue weighted by molar-refractivity contribution is 5.77. The summed E-state index contributed by atoms with van der Waals surface area (Å²) in [5.41, 5.74) is 2.18. The zero-order valence-electron chi connectivity index (χ0n) is 10.1. The second kappa shape index (κ2) is 5.82. The molecule has 0 radical (unpaired) electrons. The van der Waals surface area contributed by atoms with Crippen molar-refractivity contribution in [1.29, 1.82) is 0 Å². The molecule has 0 saturated heterocycles. The van der Waals surface area contributed by atoms with Crippen molar-refractivity contribution in [2.75, 3.05) is 0 Å². The van der Waals surface area contributed by atoms with E-state index >= 15 is 0 Å². The molecular weight excluding hydrogens is 235 g/mol. The van der Waals surface area contributed by atoms with E-state index in [1.54, 1.807) is 12.1 Å². The first-order valence-corrected chi connectivity index (χ1v) is 6.11. The molecule has 0 unspecified atom stereocenters. The van der Waals surface area contributed by atoms with Crippen molar-refractivity contribution in [2.24, 2.45) is 11.8 Å². The summed E-state index contributed by atoms with van der Waals surface area (Å²) in [7, 11) is 0. The molecule has 0 aromatic heterocycles. The van der Waals surface area contributed by atoms with E-state index in [1.165, 1.54) is 12.1 Å². The molecule has 0 atom stereocenters. The van der Waals surface area contributed by atoms with E-state index in [9.17, 15) is 9.18 Å². The Morgan fingerprint density at radius 3 is 2.39 bits per heavy atom. The highest BCUT2D eigenvalue weighted by Gasteiger charge is 2.26. The largest absolute Gasteiger partial charge is 0.490 e. The number of nitrogens with one attached hydrogen (secondary N) is 1. The van der Waals surface area contributed by atoms with Crippen molar-refractivity contribution in [1.82, 2.24) is 5.43 Å². The van der Waals surface area contributed by atoms with E-state index < -0.39 is 0 Å². The SMILES string of the molecule is NNC(=O)[C@H]1CC[C@H](Oc2ccc(F)cc2)CC1. The summed E-state index contributed by atoms with van der Waals surface area (Å²) < 4.78 is 18.5. The van der Waals surface area contributed by atoms with E-state index in [0.717, 1.165) is 25.7 Å². The molecule has 0 heterocycles. The number of halogens is 1. The zero-order valence-corrected chi connectivity index (χ0v) is 10.1. The normalized spacial score (nSPS) is 23.4. The number of ether oxygens (including phenoxy) is 1. The lowest BCUT2D eigenvalue weighted by molar-refractivity contribution is -0.126. The Balaban J connectivity index is 1.83. The number of amides is 1. The summed E-state index contributed by atoms with van der Waals surface area (Å²) in [5.74, 6) is 5.39. The van der Waals surface area contributed by atoms with Gasteiger partial charge < -0.3 is 4.74 Å². The predicted octanol–water partition coefficient (Wildman–Crippen LogP) is 1.75. The van der Waals surface area contributed by atoms with Crippen LogP contribution in [0.2, 0.25) is 0 Å². The molecule has 1 aliphatic rings. The van der Waals surface area contributed by atoms with Crippen LogP contribution in [0.25, 0.3) is 0 Å². The molecule has 1 aliphatic carbocycles. The number of carbonyl (C=O) groups excluding carboxylic acids is 1. The summed E-state index contributed by atoms with van der Waals surface area (Å²) in [5, 5.41) is 0. The molecule has 0 spiro atoms. The fourth-order valence-electron chi connectivity index (χ4n) is 2.27. The maximum Gasteiger partial charge on any atom is 0.236 e. The van der Waals surface area contributed by atoms with Crippen molar-refractivity contribution in [3.05, 3.63) is 30.1 Å². The summed E-state index contributed by atoms with van der Waals surface area (Å²) in [6, 6.07) is 5.99. The van der Waals surface area contributed by atoms with Gasteiger partial charge in [0, 0.05) is 5.92 Å². The highest BCUT2D eigenvalue weighted by atomic mass is 19.1.